The van der Waals surface area contributed by atoms with Crippen LogP contribution in [0.3, 0.4) is 0 Å². The number of ether oxygens (including phenoxy) is 4. The van der Waals surface area contributed by atoms with Crippen LogP contribution >= 0.6 is 0 Å². The first-order valence-corrected chi connectivity index (χ1v) is 9.66. The molecule has 0 N–H and O–H groups in total. The van der Waals surface area contributed by atoms with Gasteiger partial charge < -0.3 is 18.9 Å². The topological polar surface area (TPSA) is 91.4 Å². The third-order valence-corrected chi connectivity index (χ3v) is 4.32. The van der Waals surface area contributed by atoms with E-state index in [2.05, 4.69) is 0 Å². The number of benzene rings is 1. The van der Waals surface area contributed by atoms with E-state index < -0.39 is 48.0 Å². The highest BCUT2D eigenvalue weighted by Gasteiger charge is 2.43. The summed E-state index contributed by atoms with van der Waals surface area (Å²) in [6, 6.07) is 3.99. The van der Waals surface area contributed by atoms with Gasteiger partial charge in [0.15, 0.2) is 12.4 Å². The maximum atomic E-state index is 13.0. The predicted octanol–water partition coefficient (Wildman–Crippen LogP) is 2.59. The minimum absolute atomic E-state index is 0.157. The number of hydrogen-bond donors (Lipinski definition) is 0. The van der Waals surface area contributed by atoms with Crippen LogP contribution in [-0.4, -0.2) is 74.0 Å². The Hall–Kier alpha value is -2.52. The van der Waals surface area contributed by atoms with Crippen molar-refractivity contribution in [1.29, 1.82) is 0 Å². The number of halogens is 1. The van der Waals surface area contributed by atoms with Gasteiger partial charge >= 0.3 is 12.1 Å². The third-order valence-electron chi connectivity index (χ3n) is 4.32. The van der Waals surface area contributed by atoms with Crippen LogP contribution in [0.1, 0.15) is 37.6 Å². The van der Waals surface area contributed by atoms with Crippen LogP contribution in [0.15, 0.2) is 24.3 Å². The molecule has 1 aromatic rings. The maximum absolute atomic E-state index is 13.0. The van der Waals surface area contributed by atoms with Crippen LogP contribution in [0.2, 0.25) is 0 Å². The highest BCUT2D eigenvalue weighted by molar-refractivity contribution is 5.98. The molecule has 0 bridgehead atoms. The second-order valence-corrected chi connectivity index (χ2v) is 7.91. The van der Waals surface area contributed by atoms with E-state index in [-0.39, 0.29) is 18.5 Å². The predicted molar refractivity (Wildman–Crippen MR) is 105 cm³/mol. The van der Waals surface area contributed by atoms with Gasteiger partial charge in [-0.15, -0.1) is 0 Å². The highest BCUT2D eigenvalue weighted by atomic mass is 19.1. The first-order chi connectivity index (χ1) is 14.1. The summed E-state index contributed by atoms with van der Waals surface area (Å²) in [6.07, 6.45) is -0.836. The first kappa shape index (κ1) is 23.8. The summed E-state index contributed by atoms with van der Waals surface area (Å²) in [5.74, 6) is -1.67. The lowest BCUT2D eigenvalue weighted by Crippen LogP contribution is -2.44. The molecule has 2 atom stereocenters. The molecule has 1 aliphatic heterocycles. The van der Waals surface area contributed by atoms with Crippen molar-refractivity contribution in [2.75, 3.05) is 33.5 Å². The van der Waals surface area contributed by atoms with Gasteiger partial charge in [0.1, 0.15) is 17.5 Å². The van der Waals surface area contributed by atoms with Crippen molar-refractivity contribution in [2.24, 2.45) is 0 Å². The normalized spacial score (nSPS) is 18.9. The van der Waals surface area contributed by atoms with E-state index in [4.69, 9.17) is 18.9 Å². The van der Waals surface area contributed by atoms with Crippen molar-refractivity contribution in [3.63, 3.8) is 0 Å². The van der Waals surface area contributed by atoms with Gasteiger partial charge in [-0.2, -0.15) is 0 Å². The molecule has 1 saturated heterocycles. The number of hydrogen-bond acceptors (Lipinski definition) is 7. The van der Waals surface area contributed by atoms with Gasteiger partial charge in [0.05, 0.1) is 25.9 Å². The lowest BCUT2D eigenvalue weighted by molar-refractivity contribution is -0.147. The zero-order valence-electron chi connectivity index (χ0n) is 17.7. The Morgan fingerprint density at radius 2 is 1.80 bits per heavy atom. The first-order valence-electron chi connectivity index (χ1n) is 9.66. The number of carbonyl (C=O) groups is 3. The summed E-state index contributed by atoms with van der Waals surface area (Å²) in [6.45, 7) is 5.51. The molecule has 166 valence electrons. The van der Waals surface area contributed by atoms with Crippen molar-refractivity contribution < 1.29 is 37.7 Å². The molecule has 0 spiro atoms. The molecule has 0 saturated carbocycles. The van der Waals surface area contributed by atoms with E-state index in [1.54, 1.807) is 27.9 Å². The molecule has 0 unspecified atom stereocenters. The van der Waals surface area contributed by atoms with Crippen LogP contribution in [0.25, 0.3) is 0 Å². The number of esters is 1. The van der Waals surface area contributed by atoms with Gasteiger partial charge in [-0.1, -0.05) is 0 Å². The largest absolute Gasteiger partial charge is 0.456 e. The summed E-state index contributed by atoms with van der Waals surface area (Å²) in [5.41, 5.74) is -0.514. The van der Waals surface area contributed by atoms with E-state index in [0.717, 1.165) is 12.1 Å². The van der Waals surface area contributed by atoms with Crippen molar-refractivity contribution in [3.05, 3.63) is 35.6 Å². The molecule has 1 aromatic carbocycles. The summed E-state index contributed by atoms with van der Waals surface area (Å²) >= 11 is 0. The summed E-state index contributed by atoms with van der Waals surface area (Å²) in [4.78, 5) is 38.6. The van der Waals surface area contributed by atoms with Gasteiger partial charge in [-0.05, 0) is 45.0 Å². The van der Waals surface area contributed by atoms with Gasteiger partial charge in [-0.25, -0.2) is 14.0 Å². The van der Waals surface area contributed by atoms with E-state index in [1.165, 1.54) is 17.0 Å². The average molecular weight is 425 g/mol. The average Bonchev–Trinajstić information content (AvgIpc) is 3.10. The van der Waals surface area contributed by atoms with Gasteiger partial charge in [0, 0.05) is 19.1 Å². The number of ketones is 1. The number of carbonyl (C=O) groups excluding carboxylic acids is 3. The molecule has 0 radical (unpaired) electrons. The minimum atomic E-state index is -0.937. The maximum Gasteiger partial charge on any atom is 0.411 e. The molecule has 8 nitrogen and oxygen atoms in total. The fourth-order valence-corrected chi connectivity index (χ4v) is 2.91. The van der Waals surface area contributed by atoms with Gasteiger partial charge in [0.2, 0.25) is 0 Å². The van der Waals surface area contributed by atoms with E-state index in [1.807, 2.05) is 0 Å². The van der Waals surface area contributed by atoms with Crippen molar-refractivity contribution in [2.45, 2.75) is 44.9 Å². The van der Waals surface area contributed by atoms with Gasteiger partial charge in [0.25, 0.3) is 0 Å². The lowest BCUT2D eigenvalue weighted by atomic mass is 10.1. The zero-order chi connectivity index (χ0) is 22.3. The number of nitrogens with zero attached hydrogens (tertiary/aromatic N) is 1. The number of Topliss-reactive ketones (excluding diaryl/α,β-unsaturated/α-hetero) is 1. The number of likely N-dealkylation sites (tertiary alicyclic amines) is 1. The zero-order valence-corrected chi connectivity index (χ0v) is 17.7. The molecular formula is C21H28FNO7. The summed E-state index contributed by atoms with van der Waals surface area (Å²) in [7, 11) is 1.54. The van der Waals surface area contributed by atoms with Crippen LogP contribution in [0.5, 0.6) is 0 Å². The Kier molecular flexibility index (Phi) is 8.31. The molecule has 1 aliphatic rings. The molecule has 1 fully saturated rings. The number of rotatable bonds is 8. The fourth-order valence-electron chi connectivity index (χ4n) is 2.91. The number of methoxy groups -OCH3 is 1. The van der Waals surface area contributed by atoms with Crippen LogP contribution < -0.4 is 0 Å². The molecule has 1 heterocycles. The molecule has 0 aliphatic carbocycles. The lowest BCUT2D eigenvalue weighted by Gasteiger charge is -2.27. The van der Waals surface area contributed by atoms with E-state index in [9.17, 15) is 18.8 Å². The van der Waals surface area contributed by atoms with E-state index in [0.29, 0.717) is 13.2 Å². The highest BCUT2D eigenvalue weighted by Crippen LogP contribution is 2.24. The number of amides is 1. The quantitative estimate of drug-likeness (QED) is 0.359. The van der Waals surface area contributed by atoms with E-state index >= 15 is 0 Å². The smallest absolute Gasteiger partial charge is 0.411 e. The Labute approximate surface area is 175 Å². The summed E-state index contributed by atoms with van der Waals surface area (Å²) in [5, 5.41) is 0. The Morgan fingerprint density at radius 3 is 2.40 bits per heavy atom. The monoisotopic (exact) mass is 425 g/mol. The Morgan fingerprint density at radius 1 is 1.13 bits per heavy atom. The van der Waals surface area contributed by atoms with Crippen molar-refractivity contribution in [3.8, 4) is 0 Å². The fraction of sp³-hybridized carbons (Fsp3) is 0.571. The molecule has 9 heteroatoms. The second-order valence-electron chi connectivity index (χ2n) is 7.91. The molecule has 30 heavy (non-hydrogen) atoms. The molecule has 2 rings (SSSR count). The van der Waals surface area contributed by atoms with Gasteiger partial charge in [-0.3, -0.25) is 9.69 Å². The minimum Gasteiger partial charge on any atom is -0.456 e. The van der Waals surface area contributed by atoms with Crippen LogP contribution in [-0.2, 0) is 23.7 Å². The third kappa shape index (κ3) is 7.07. The molecular weight excluding hydrogens is 397 g/mol. The molecule has 0 aromatic heterocycles. The van der Waals surface area contributed by atoms with Crippen LogP contribution in [0, 0.1) is 5.82 Å². The summed E-state index contributed by atoms with van der Waals surface area (Å²) < 4.78 is 34.1. The van der Waals surface area contributed by atoms with Crippen LogP contribution in [0.4, 0.5) is 9.18 Å². The standard InChI is InChI=1S/C21H28FNO7/c1-21(2,3)30-20(26)23-12-16(28-10-9-27-4)11-17(23)19(25)29-13-18(24)14-5-7-15(22)8-6-14/h5-8,16-17H,9-13H2,1-4H3/t16-,17+/m1/s1. The second kappa shape index (κ2) is 10.5. The Bertz CT molecular complexity index is 745. The SMILES string of the molecule is COCCO[C@@H]1C[C@@H](C(=O)OCC(=O)c2ccc(F)cc2)N(C(=O)OC(C)(C)C)C1. The van der Waals surface area contributed by atoms with Crippen molar-refractivity contribution in [1.82, 2.24) is 4.90 Å². The Balaban J connectivity index is 2.01. The molecule has 1 amide bonds. The van der Waals surface area contributed by atoms with Crippen molar-refractivity contribution >= 4 is 17.8 Å².